The SMILES string of the molecule is CCCC1(CNC2=NCC(C)CS2)CC1. The van der Waals surface area contributed by atoms with Gasteiger partial charge in [0.25, 0.3) is 0 Å². The lowest BCUT2D eigenvalue weighted by atomic mass is 10.0. The number of nitrogens with zero attached hydrogens (tertiary/aromatic N) is 1. The maximum atomic E-state index is 4.57. The number of nitrogens with one attached hydrogen (secondary N) is 1. The molecule has 0 aromatic carbocycles. The molecule has 0 aromatic heterocycles. The van der Waals surface area contributed by atoms with E-state index in [2.05, 4.69) is 24.2 Å². The molecule has 1 N–H and O–H groups in total. The second-order valence-corrected chi connectivity index (χ2v) is 6.17. The number of thioether (sulfide) groups is 1. The van der Waals surface area contributed by atoms with E-state index in [1.807, 2.05) is 11.8 Å². The maximum Gasteiger partial charge on any atom is 0.156 e. The summed E-state index contributed by atoms with van der Waals surface area (Å²) in [7, 11) is 0. The average Bonchev–Trinajstić information content (AvgIpc) is 2.99. The highest BCUT2D eigenvalue weighted by Gasteiger charge is 2.41. The fourth-order valence-electron chi connectivity index (χ4n) is 2.15. The Kier molecular flexibility index (Phi) is 3.60. The van der Waals surface area contributed by atoms with E-state index >= 15 is 0 Å². The van der Waals surface area contributed by atoms with Gasteiger partial charge in [0.2, 0.25) is 0 Å². The molecule has 1 unspecified atom stereocenters. The van der Waals surface area contributed by atoms with Crippen LogP contribution in [0.2, 0.25) is 0 Å². The largest absolute Gasteiger partial charge is 0.364 e. The Balaban J connectivity index is 1.74. The van der Waals surface area contributed by atoms with E-state index in [-0.39, 0.29) is 0 Å². The van der Waals surface area contributed by atoms with Crippen molar-refractivity contribution in [1.82, 2.24) is 5.32 Å². The van der Waals surface area contributed by atoms with E-state index < -0.39 is 0 Å². The van der Waals surface area contributed by atoms with Crippen molar-refractivity contribution < 1.29 is 0 Å². The van der Waals surface area contributed by atoms with Crippen LogP contribution in [0.15, 0.2) is 4.99 Å². The molecular formula is C12H22N2S. The predicted molar refractivity (Wildman–Crippen MR) is 68.5 cm³/mol. The molecule has 0 amide bonds. The van der Waals surface area contributed by atoms with Crippen LogP contribution < -0.4 is 5.32 Å². The van der Waals surface area contributed by atoms with Crippen molar-refractivity contribution in [3.8, 4) is 0 Å². The Labute approximate surface area is 97.3 Å². The van der Waals surface area contributed by atoms with Gasteiger partial charge in [0.1, 0.15) is 0 Å². The normalized spacial score (nSPS) is 28.4. The van der Waals surface area contributed by atoms with Crippen LogP contribution in [-0.2, 0) is 0 Å². The number of aliphatic imine (C=N–C) groups is 1. The highest BCUT2D eigenvalue weighted by Crippen LogP contribution is 2.49. The molecule has 0 bridgehead atoms. The average molecular weight is 226 g/mol. The summed E-state index contributed by atoms with van der Waals surface area (Å²) in [6.07, 6.45) is 5.54. The van der Waals surface area contributed by atoms with Crippen molar-refractivity contribution in [2.75, 3.05) is 18.8 Å². The van der Waals surface area contributed by atoms with Crippen molar-refractivity contribution in [2.45, 2.75) is 39.5 Å². The van der Waals surface area contributed by atoms with Crippen molar-refractivity contribution in [3.63, 3.8) is 0 Å². The Bertz CT molecular complexity index is 246. The molecule has 0 aromatic rings. The van der Waals surface area contributed by atoms with Gasteiger partial charge in [-0.15, -0.1) is 0 Å². The van der Waals surface area contributed by atoms with Gasteiger partial charge in [0.05, 0.1) is 0 Å². The van der Waals surface area contributed by atoms with Gasteiger partial charge < -0.3 is 5.32 Å². The Hall–Kier alpha value is -0.180. The number of hydrogen-bond donors (Lipinski definition) is 1. The summed E-state index contributed by atoms with van der Waals surface area (Å²) >= 11 is 1.90. The molecule has 3 heteroatoms. The van der Waals surface area contributed by atoms with Gasteiger partial charge in [-0.25, -0.2) is 0 Å². The van der Waals surface area contributed by atoms with Crippen molar-refractivity contribution in [3.05, 3.63) is 0 Å². The van der Waals surface area contributed by atoms with E-state index in [4.69, 9.17) is 0 Å². The van der Waals surface area contributed by atoms with E-state index in [1.165, 1.54) is 36.6 Å². The molecule has 1 aliphatic carbocycles. The molecule has 1 heterocycles. The Morgan fingerprint density at radius 1 is 1.53 bits per heavy atom. The molecule has 1 fully saturated rings. The van der Waals surface area contributed by atoms with Crippen molar-refractivity contribution >= 4 is 16.9 Å². The Morgan fingerprint density at radius 2 is 2.33 bits per heavy atom. The maximum absolute atomic E-state index is 4.57. The summed E-state index contributed by atoms with van der Waals surface area (Å²) in [6, 6.07) is 0. The highest BCUT2D eigenvalue weighted by molar-refractivity contribution is 8.13. The quantitative estimate of drug-likeness (QED) is 0.797. The minimum absolute atomic E-state index is 0.640. The van der Waals surface area contributed by atoms with Gasteiger partial charge in [0, 0.05) is 18.8 Å². The van der Waals surface area contributed by atoms with Crippen LogP contribution in [0.25, 0.3) is 0 Å². The van der Waals surface area contributed by atoms with Gasteiger partial charge >= 0.3 is 0 Å². The topological polar surface area (TPSA) is 24.4 Å². The standard InChI is InChI=1S/C12H22N2S/c1-3-4-12(5-6-12)9-14-11-13-7-10(2)8-15-11/h10H,3-9H2,1-2H3,(H,13,14). The molecule has 2 rings (SSSR count). The molecule has 2 aliphatic rings. The fraction of sp³-hybridized carbons (Fsp3) is 0.917. The summed E-state index contributed by atoms with van der Waals surface area (Å²) in [5.41, 5.74) is 0.640. The van der Waals surface area contributed by atoms with E-state index in [9.17, 15) is 0 Å². The summed E-state index contributed by atoms with van der Waals surface area (Å²) in [5.74, 6) is 1.98. The smallest absolute Gasteiger partial charge is 0.156 e. The minimum atomic E-state index is 0.640. The first-order valence-corrected chi connectivity index (χ1v) is 7.14. The van der Waals surface area contributed by atoms with Crippen LogP contribution in [0.5, 0.6) is 0 Å². The third-order valence-corrected chi connectivity index (χ3v) is 4.69. The molecule has 15 heavy (non-hydrogen) atoms. The minimum Gasteiger partial charge on any atom is -0.364 e. The summed E-state index contributed by atoms with van der Waals surface area (Å²) in [5, 5.41) is 4.73. The lowest BCUT2D eigenvalue weighted by Gasteiger charge is -2.21. The monoisotopic (exact) mass is 226 g/mol. The van der Waals surface area contributed by atoms with E-state index in [0.717, 1.165) is 19.0 Å². The van der Waals surface area contributed by atoms with Crippen LogP contribution in [0.1, 0.15) is 39.5 Å². The molecule has 0 spiro atoms. The number of hydrogen-bond acceptors (Lipinski definition) is 3. The van der Waals surface area contributed by atoms with Crippen LogP contribution >= 0.6 is 11.8 Å². The number of rotatable bonds is 4. The third-order valence-electron chi connectivity index (χ3n) is 3.40. The summed E-state index contributed by atoms with van der Waals surface area (Å²) < 4.78 is 0. The zero-order chi connectivity index (χ0) is 10.7. The molecule has 0 saturated heterocycles. The molecule has 86 valence electrons. The zero-order valence-corrected chi connectivity index (χ0v) is 10.7. The first kappa shape index (κ1) is 11.3. The lowest BCUT2D eigenvalue weighted by Crippen LogP contribution is -2.31. The lowest BCUT2D eigenvalue weighted by molar-refractivity contribution is 0.453. The molecule has 2 nitrogen and oxygen atoms in total. The fourth-order valence-corrected chi connectivity index (χ4v) is 3.04. The van der Waals surface area contributed by atoms with Gasteiger partial charge in [-0.05, 0) is 30.6 Å². The van der Waals surface area contributed by atoms with E-state index in [1.54, 1.807) is 0 Å². The number of amidine groups is 1. The molecule has 1 aliphatic heterocycles. The van der Waals surface area contributed by atoms with Crippen LogP contribution in [0.4, 0.5) is 0 Å². The molecular weight excluding hydrogens is 204 g/mol. The molecule has 1 saturated carbocycles. The van der Waals surface area contributed by atoms with Gasteiger partial charge in [0.15, 0.2) is 5.17 Å². The first-order chi connectivity index (χ1) is 7.24. The van der Waals surface area contributed by atoms with Gasteiger partial charge in [-0.3, -0.25) is 4.99 Å². The molecule has 1 atom stereocenters. The predicted octanol–water partition coefficient (Wildman–Crippen LogP) is 2.90. The molecule has 0 radical (unpaired) electrons. The zero-order valence-electron chi connectivity index (χ0n) is 9.88. The first-order valence-electron chi connectivity index (χ1n) is 6.15. The second kappa shape index (κ2) is 4.77. The second-order valence-electron chi connectivity index (χ2n) is 5.17. The van der Waals surface area contributed by atoms with Crippen LogP contribution in [0.3, 0.4) is 0 Å². The highest BCUT2D eigenvalue weighted by atomic mass is 32.2. The van der Waals surface area contributed by atoms with Gasteiger partial charge in [-0.2, -0.15) is 0 Å². The van der Waals surface area contributed by atoms with Crippen LogP contribution in [0, 0.1) is 11.3 Å². The Morgan fingerprint density at radius 3 is 2.87 bits per heavy atom. The van der Waals surface area contributed by atoms with Gasteiger partial charge in [-0.1, -0.05) is 32.0 Å². The van der Waals surface area contributed by atoms with E-state index in [0.29, 0.717) is 5.41 Å². The summed E-state index contributed by atoms with van der Waals surface area (Å²) in [4.78, 5) is 4.57. The van der Waals surface area contributed by atoms with Crippen molar-refractivity contribution in [2.24, 2.45) is 16.3 Å². The summed E-state index contributed by atoms with van der Waals surface area (Å²) in [6.45, 7) is 6.72. The third kappa shape index (κ3) is 3.13. The van der Waals surface area contributed by atoms with Crippen LogP contribution in [-0.4, -0.2) is 24.0 Å². The van der Waals surface area contributed by atoms with Crippen molar-refractivity contribution in [1.29, 1.82) is 0 Å².